The molecule has 2 aromatic carbocycles. The average molecular weight is 674 g/mol. The van der Waals surface area contributed by atoms with Crippen molar-refractivity contribution in [3.05, 3.63) is 103 Å². The first-order valence-corrected chi connectivity index (χ1v) is 16.7. The predicted molar refractivity (Wildman–Crippen MR) is 190 cm³/mol. The molecule has 4 heterocycles. The Kier molecular flexibility index (Phi) is 9.65. The molecule has 2 N–H and O–H groups in total. The van der Waals surface area contributed by atoms with Crippen LogP contribution in [-0.4, -0.2) is 92.2 Å². The monoisotopic (exact) mass is 673 g/mol. The SMILES string of the molecule is COc1ccc(Cn2nc(NC3CCN(C(=O)C=CCN(C)C4CC4)C3)c3c(Oc4ccc(C(=O)Nc5ncccn5)cc4)ccnc32)cc1. The third-order valence-corrected chi connectivity index (χ3v) is 8.89. The lowest BCUT2D eigenvalue weighted by Gasteiger charge is -2.16. The maximum Gasteiger partial charge on any atom is 0.258 e. The van der Waals surface area contributed by atoms with Crippen molar-refractivity contribution in [3.8, 4) is 17.2 Å². The highest BCUT2D eigenvalue weighted by atomic mass is 16.5. The fourth-order valence-corrected chi connectivity index (χ4v) is 5.97. The van der Waals surface area contributed by atoms with Gasteiger partial charge in [0, 0.05) is 68.0 Å². The Morgan fingerprint density at radius 1 is 0.960 bits per heavy atom. The summed E-state index contributed by atoms with van der Waals surface area (Å²) in [6.45, 7) is 2.46. The summed E-state index contributed by atoms with van der Waals surface area (Å²) in [5, 5.41) is 12.0. The molecule has 2 amide bonds. The number of aromatic nitrogens is 5. The Hall–Kier alpha value is -5.82. The zero-order chi connectivity index (χ0) is 34.5. The first kappa shape index (κ1) is 32.7. The first-order chi connectivity index (χ1) is 24.4. The molecule has 0 radical (unpaired) electrons. The Balaban J connectivity index is 1.10. The molecule has 13 nitrogen and oxygen atoms in total. The van der Waals surface area contributed by atoms with E-state index >= 15 is 0 Å². The van der Waals surface area contributed by atoms with Gasteiger partial charge >= 0.3 is 0 Å². The van der Waals surface area contributed by atoms with E-state index in [2.05, 4.69) is 32.5 Å². The van der Waals surface area contributed by atoms with Gasteiger partial charge in [0.1, 0.15) is 22.6 Å². The topological polar surface area (TPSA) is 140 Å². The Morgan fingerprint density at radius 2 is 1.72 bits per heavy atom. The smallest absolute Gasteiger partial charge is 0.258 e. The number of methoxy groups -OCH3 is 1. The van der Waals surface area contributed by atoms with E-state index in [0.29, 0.717) is 54.2 Å². The van der Waals surface area contributed by atoms with Gasteiger partial charge in [-0.2, -0.15) is 5.10 Å². The molecule has 1 saturated carbocycles. The van der Waals surface area contributed by atoms with Crippen molar-refractivity contribution in [2.45, 2.75) is 37.9 Å². The molecule has 13 heteroatoms. The molecule has 1 atom stereocenters. The number of hydrogen-bond acceptors (Lipinski definition) is 10. The molecule has 2 fully saturated rings. The quantitative estimate of drug-likeness (QED) is 0.165. The van der Waals surface area contributed by atoms with Gasteiger partial charge in [0.15, 0.2) is 11.5 Å². The van der Waals surface area contributed by atoms with Crippen molar-refractivity contribution >= 4 is 34.6 Å². The third kappa shape index (κ3) is 7.73. The van der Waals surface area contributed by atoms with Crippen LogP contribution in [-0.2, 0) is 11.3 Å². The van der Waals surface area contributed by atoms with Crippen molar-refractivity contribution in [2.75, 3.05) is 44.4 Å². The van der Waals surface area contributed by atoms with E-state index in [4.69, 9.17) is 19.6 Å². The summed E-state index contributed by atoms with van der Waals surface area (Å²) in [7, 11) is 3.74. The van der Waals surface area contributed by atoms with Crippen molar-refractivity contribution < 1.29 is 19.1 Å². The second-order valence-electron chi connectivity index (χ2n) is 12.5. The lowest BCUT2D eigenvalue weighted by molar-refractivity contribution is -0.125. The highest BCUT2D eigenvalue weighted by molar-refractivity contribution is 6.03. The number of ether oxygens (including phenoxy) is 2. The van der Waals surface area contributed by atoms with Crippen LogP contribution in [0, 0.1) is 0 Å². The minimum absolute atomic E-state index is 0.00605. The number of amides is 2. The Bertz CT molecular complexity index is 1980. The zero-order valence-corrected chi connectivity index (χ0v) is 28.0. The number of nitrogens with one attached hydrogen (secondary N) is 2. The maximum absolute atomic E-state index is 13.0. The molecule has 1 aliphatic heterocycles. The molecule has 1 unspecified atom stereocenters. The zero-order valence-electron chi connectivity index (χ0n) is 28.0. The molecule has 7 rings (SSSR count). The van der Waals surface area contributed by atoms with E-state index in [1.165, 1.54) is 12.8 Å². The molecule has 1 saturated heterocycles. The number of likely N-dealkylation sites (tertiary alicyclic amines) is 1. The van der Waals surface area contributed by atoms with Gasteiger partial charge in [-0.15, -0.1) is 0 Å². The molecule has 2 aliphatic rings. The Labute approximate surface area is 289 Å². The first-order valence-electron chi connectivity index (χ1n) is 16.7. The van der Waals surface area contributed by atoms with Crippen molar-refractivity contribution in [2.24, 2.45) is 0 Å². The second-order valence-corrected chi connectivity index (χ2v) is 12.5. The van der Waals surface area contributed by atoms with Gasteiger partial charge in [0.25, 0.3) is 5.91 Å². The minimum atomic E-state index is -0.328. The van der Waals surface area contributed by atoms with E-state index < -0.39 is 0 Å². The lowest BCUT2D eigenvalue weighted by atomic mass is 10.2. The van der Waals surface area contributed by atoms with Gasteiger partial charge in [-0.05, 0) is 74.3 Å². The lowest BCUT2D eigenvalue weighted by Crippen LogP contribution is -2.30. The number of benzene rings is 2. The fourth-order valence-electron chi connectivity index (χ4n) is 5.97. The summed E-state index contributed by atoms with van der Waals surface area (Å²) < 4.78 is 13.6. The number of nitrogens with zero attached hydrogens (tertiary/aromatic N) is 7. The average Bonchev–Trinajstić information content (AvgIpc) is 3.80. The van der Waals surface area contributed by atoms with Crippen LogP contribution >= 0.6 is 0 Å². The molecule has 50 heavy (non-hydrogen) atoms. The van der Waals surface area contributed by atoms with Gasteiger partial charge in [-0.25, -0.2) is 19.6 Å². The molecule has 3 aromatic heterocycles. The van der Waals surface area contributed by atoms with Crippen molar-refractivity contribution in [1.82, 2.24) is 34.5 Å². The van der Waals surface area contributed by atoms with Crippen molar-refractivity contribution in [3.63, 3.8) is 0 Å². The van der Waals surface area contributed by atoms with Gasteiger partial charge in [-0.3, -0.25) is 19.8 Å². The van der Waals surface area contributed by atoms with Crippen LogP contribution in [0.5, 0.6) is 17.2 Å². The maximum atomic E-state index is 13.0. The summed E-state index contributed by atoms with van der Waals surface area (Å²) >= 11 is 0. The second kappa shape index (κ2) is 14.7. The van der Waals surface area contributed by atoms with Gasteiger partial charge in [-0.1, -0.05) is 18.2 Å². The highest BCUT2D eigenvalue weighted by Gasteiger charge is 2.28. The van der Waals surface area contributed by atoms with E-state index in [-0.39, 0.29) is 23.8 Å². The standard InChI is InChI=1S/C37H39N9O4/c1-44(28-10-11-28)21-3-5-32(47)45-22-17-27(24-45)41-34-33-31(16-20-38-35(33)46(43-34)23-25-6-12-29(49-2)13-7-25)50-30-14-8-26(9-15-30)36(48)42-37-39-18-4-19-40-37/h3-9,12-16,18-20,27-28H,10-11,17,21-24H2,1-2H3,(H,41,43)(H,39,40,42,48). The predicted octanol–water partition coefficient (Wildman–Crippen LogP) is 4.99. The summed E-state index contributed by atoms with van der Waals surface area (Å²) in [5.41, 5.74) is 2.11. The highest BCUT2D eigenvalue weighted by Crippen LogP contribution is 2.35. The van der Waals surface area contributed by atoms with Crippen LogP contribution in [0.3, 0.4) is 0 Å². The van der Waals surface area contributed by atoms with E-state index in [1.807, 2.05) is 39.9 Å². The number of likely N-dealkylation sites (N-methyl/N-ethyl adjacent to an activating group) is 1. The summed E-state index contributed by atoms with van der Waals surface area (Å²) in [6.07, 6.45) is 11.7. The molecule has 1 aliphatic carbocycles. The summed E-state index contributed by atoms with van der Waals surface area (Å²) in [5.74, 6) is 2.41. The van der Waals surface area contributed by atoms with Crippen LogP contribution in [0.2, 0.25) is 0 Å². The third-order valence-electron chi connectivity index (χ3n) is 8.89. The van der Waals surface area contributed by atoms with Gasteiger partial charge < -0.3 is 19.7 Å². The van der Waals surface area contributed by atoms with Crippen LogP contribution in [0.25, 0.3) is 11.0 Å². The van der Waals surface area contributed by atoms with E-state index in [9.17, 15) is 9.59 Å². The van der Waals surface area contributed by atoms with Gasteiger partial charge in [0.2, 0.25) is 11.9 Å². The normalized spacial score (nSPS) is 15.9. The number of carbonyl (C=O) groups is 2. The molecule has 256 valence electrons. The van der Waals surface area contributed by atoms with Gasteiger partial charge in [0.05, 0.1) is 13.7 Å². The Morgan fingerprint density at radius 3 is 2.46 bits per heavy atom. The van der Waals surface area contributed by atoms with Crippen LogP contribution in [0.1, 0.15) is 35.2 Å². The molecule has 0 bridgehead atoms. The number of anilines is 2. The minimum Gasteiger partial charge on any atom is -0.497 e. The number of hydrogen-bond donors (Lipinski definition) is 2. The molecular weight excluding hydrogens is 634 g/mol. The van der Waals surface area contributed by atoms with E-state index in [0.717, 1.165) is 29.7 Å². The fraction of sp³-hybridized carbons (Fsp3) is 0.297. The number of rotatable bonds is 13. The van der Waals surface area contributed by atoms with Crippen molar-refractivity contribution in [1.29, 1.82) is 0 Å². The summed E-state index contributed by atoms with van der Waals surface area (Å²) in [4.78, 5) is 42.7. The number of pyridine rings is 1. The number of fused-ring (bicyclic) bond motifs is 1. The largest absolute Gasteiger partial charge is 0.497 e. The van der Waals surface area contributed by atoms with Crippen LogP contribution < -0.4 is 20.1 Å². The van der Waals surface area contributed by atoms with E-state index in [1.54, 1.807) is 68.2 Å². The molecule has 5 aromatic rings. The molecular formula is C37H39N9O4. The van der Waals surface area contributed by atoms with Crippen LogP contribution in [0.4, 0.5) is 11.8 Å². The summed E-state index contributed by atoms with van der Waals surface area (Å²) in [6, 6.07) is 18.8. The number of carbonyl (C=O) groups excluding carboxylic acids is 2. The molecule has 0 spiro atoms. The van der Waals surface area contributed by atoms with Crippen LogP contribution in [0.15, 0.2) is 91.4 Å².